The fourth-order valence-corrected chi connectivity index (χ4v) is 4.21. The highest BCUT2D eigenvalue weighted by Gasteiger charge is 2.24. The number of benzene rings is 2. The lowest BCUT2D eigenvalue weighted by molar-refractivity contribution is -0.00532. The zero-order valence-corrected chi connectivity index (χ0v) is 21.0. The molecule has 1 aliphatic rings. The van der Waals surface area contributed by atoms with Crippen molar-refractivity contribution in [3.63, 3.8) is 0 Å². The zero-order valence-electron chi connectivity index (χ0n) is 21.0. The van der Waals surface area contributed by atoms with E-state index in [0.29, 0.717) is 5.95 Å². The lowest BCUT2D eigenvalue weighted by atomic mass is 10.1. The first-order valence-electron chi connectivity index (χ1n) is 11.6. The van der Waals surface area contributed by atoms with Gasteiger partial charge in [-0.1, -0.05) is 0 Å². The minimum Gasteiger partial charge on any atom is -0.495 e. The number of aromatic nitrogens is 2. The summed E-state index contributed by atoms with van der Waals surface area (Å²) in [7, 11) is 2.96. The maximum Gasteiger partial charge on any atom is 0.227 e. The summed E-state index contributed by atoms with van der Waals surface area (Å²) >= 11 is 0. The Hall–Kier alpha value is -3.66. The van der Waals surface area contributed by atoms with E-state index in [1.165, 1.54) is 32.5 Å². The summed E-state index contributed by atoms with van der Waals surface area (Å²) in [5.41, 5.74) is 1.78. The molecule has 1 saturated heterocycles. The molecule has 36 heavy (non-hydrogen) atoms. The van der Waals surface area contributed by atoms with Gasteiger partial charge >= 0.3 is 0 Å². The van der Waals surface area contributed by atoms with Gasteiger partial charge in [0.25, 0.3) is 0 Å². The maximum absolute atomic E-state index is 14.5. The highest BCUT2D eigenvalue weighted by Crippen LogP contribution is 2.34. The van der Waals surface area contributed by atoms with Crippen LogP contribution >= 0.6 is 0 Å². The maximum atomic E-state index is 14.5. The third-order valence-electron chi connectivity index (χ3n) is 5.87. The quantitative estimate of drug-likeness (QED) is 0.462. The average molecular weight is 501 g/mol. The van der Waals surface area contributed by atoms with Crippen molar-refractivity contribution in [3.8, 4) is 17.2 Å². The number of aryl methyl sites for hydroxylation is 1. The lowest BCUT2D eigenvalue weighted by Crippen LogP contribution is -2.45. The molecule has 0 saturated carbocycles. The first-order valence-corrected chi connectivity index (χ1v) is 11.6. The van der Waals surface area contributed by atoms with Crippen molar-refractivity contribution in [2.24, 2.45) is 0 Å². The van der Waals surface area contributed by atoms with Crippen LogP contribution in [0.3, 0.4) is 0 Å². The number of hydrogen-bond acceptors (Lipinski definition) is 8. The van der Waals surface area contributed by atoms with E-state index in [9.17, 15) is 8.78 Å². The predicted octanol–water partition coefficient (Wildman–Crippen LogP) is 5.02. The van der Waals surface area contributed by atoms with E-state index in [1.54, 1.807) is 7.11 Å². The molecule has 10 heteroatoms. The van der Waals surface area contributed by atoms with E-state index < -0.39 is 11.6 Å². The van der Waals surface area contributed by atoms with Crippen molar-refractivity contribution in [3.05, 3.63) is 59.4 Å². The molecule has 0 amide bonds. The highest BCUT2D eigenvalue weighted by molar-refractivity contribution is 5.67. The van der Waals surface area contributed by atoms with Crippen LogP contribution in [0.2, 0.25) is 0 Å². The van der Waals surface area contributed by atoms with Gasteiger partial charge in [-0.3, -0.25) is 0 Å². The van der Waals surface area contributed by atoms with Gasteiger partial charge in [-0.2, -0.15) is 0 Å². The summed E-state index contributed by atoms with van der Waals surface area (Å²) in [6.45, 7) is 6.88. The third kappa shape index (κ3) is 5.59. The van der Waals surface area contributed by atoms with Crippen LogP contribution in [0.1, 0.15) is 25.0 Å². The molecule has 2 heterocycles. The SMILES string of the molecule is COc1cc(Nc2ncc(OCc3c(F)c(C)cc(OC)c3F)cn2)ccc1N1C[C@@H](C)O[C@@H](C)C1. The standard InChI is InChI=1S/C26H30F2N4O4/c1-15-8-23(34-5)25(28)20(24(15)27)14-35-19-10-29-26(30-11-19)31-18-6-7-21(22(9-18)33-4)32-12-16(2)36-17(3)13-32/h6-11,16-17H,12-14H2,1-5H3,(H,29,30,31)/t16-,17+. The minimum atomic E-state index is -0.793. The molecule has 4 rings (SSSR count). The molecule has 8 nitrogen and oxygen atoms in total. The third-order valence-corrected chi connectivity index (χ3v) is 5.87. The van der Waals surface area contributed by atoms with Crippen LogP contribution in [-0.2, 0) is 11.3 Å². The molecule has 0 unspecified atom stereocenters. The molecular formula is C26H30F2N4O4. The van der Waals surface area contributed by atoms with Crippen LogP contribution < -0.4 is 24.4 Å². The first-order chi connectivity index (χ1) is 17.3. The van der Waals surface area contributed by atoms with E-state index in [-0.39, 0.29) is 41.4 Å². The molecule has 2 atom stereocenters. The topological polar surface area (TPSA) is 78.0 Å². The average Bonchev–Trinajstić information content (AvgIpc) is 2.86. The number of hydrogen-bond donors (Lipinski definition) is 1. The zero-order chi connectivity index (χ0) is 25.8. The number of nitrogens with one attached hydrogen (secondary N) is 1. The van der Waals surface area contributed by atoms with Gasteiger partial charge < -0.3 is 29.2 Å². The summed E-state index contributed by atoms with van der Waals surface area (Å²) in [5.74, 6) is -0.186. The fourth-order valence-electron chi connectivity index (χ4n) is 4.21. The molecule has 0 spiro atoms. The summed E-state index contributed by atoms with van der Waals surface area (Å²) in [5, 5.41) is 3.13. The normalized spacial score (nSPS) is 17.6. The van der Waals surface area contributed by atoms with E-state index in [4.69, 9.17) is 18.9 Å². The largest absolute Gasteiger partial charge is 0.495 e. The van der Waals surface area contributed by atoms with E-state index >= 15 is 0 Å². The second kappa shape index (κ2) is 10.9. The summed E-state index contributed by atoms with van der Waals surface area (Å²) in [6.07, 6.45) is 3.12. The molecule has 192 valence electrons. The van der Waals surface area contributed by atoms with Gasteiger partial charge in [-0.05, 0) is 44.5 Å². The number of methoxy groups -OCH3 is 2. The van der Waals surface area contributed by atoms with Gasteiger partial charge in [0.15, 0.2) is 17.3 Å². The van der Waals surface area contributed by atoms with Crippen LogP contribution in [-0.4, -0.2) is 49.5 Å². The Morgan fingerprint density at radius 3 is 2.31 bits per heavy atom. The van der Waals surface area contributed by atoms with Gasteiger partial charge in [0, 0.05) is 24.8 Å². The van der Waals surface area contributed by atoms with Gasteiger partial charge in [0.05, 0.1) is 50.1 Å². The first kappa shape index (κ1) is 25.4. The summed E-state index contributed by atoms with van der Waals surface area (Å²) in [6, 6.07) is 7.10. The van der Waals surface area contributed by atoms with Gasteiger partial charge in [-0.15, -0.1) is 0 Å². The van der Waals surface area contributed by atoms with Gasteiger partial charge in [0.1, 0.15) is 18.2 Å². The Kier molecular flexibility index (Phi) is 7.73. The van der Waals surface area contributed by atoms with Gasteiger partial charge in [-0.25, -0.2) is 18.7 Å². The lowest BCUT2D eigenvalue weighted by Gasteiger charge is -2.37. The van der Waals surface area contributed by atoms with Crippen molar-refractivity contribution in [1.29, 1.82) is 0 Å². The molecule has 1 aromatic heterocycles. The smallest absolute Gasteiger partial charge is 0.227 e. The van der Waals surface area contributed by atoms with Crippen molar-refractivity contribution in [2.45, 2.75) is 39.6 Å². The molecule has 1 N–H and O–H groups in total. The monoisotopic (exact) mass is 500 g/mol. The molecule has 2 aromatic carbocycles. The Morgan fingerprint density at radius 1 is 1.00 bits per heavy atom. The highest BCUT2D eigenvalue weighted by atomic mass is 19.1. The summed E-state index contributed by atoms with van der Waals surface area (Å²) < 4.78 is 50.8. The minimum absolute atomic E-state index is 0.0395. The number of rotatable bonds is 8. The Balaban J connectivity index is 1.43. The fraction of sp³-hybridized carbons (Fsp3) is 0.385. The molecule has 1 fully saturated rings. The van der Waals surface area contributed by atoms with Crippen molar-refractivity contribution in [2.75, 3.05) is 37.5 Å². The number of nitrogens with zero attached hydrogens (tertiary/aromatic N) is 3. The molecule has 3 aromatic rings. The number of morpholine rings is 1. The van der Waals surface area contributed by atoms with E-state index in [2.05, 4.69) is 34.0 Å². The number of halogens is 2. The number of anilines is 3. The summed E-state index contributed by atoms with van der Waals surface area (Å²) in [4.78, 5) is 10.7. The molecule has 0 aliphatic carbocycles. The van der Waals surface area contributed by atoms with Crippen LogP contribution in [0.25, 0.3) is 0 Å². The molecule has 0 bridgehead atoms. The number of ether oxygens (including phenoxy) is 4. The van der Waals surface area contributed by atoms with Crippen molar-refractivity contribution >= 4 is 17.3 Å². The Labute approximate surface area is 209 Å². The van der Waals surface area contributed by atoms with Crippen molar-refractivity contribution < 1.29 is 27.7 Å². The van der Waals surface area contributed by atoms with Crippen LogP contribution in [0.4, 0.5) is 26.1 Å². The second-order valence-electron chi connectivity index (χ2n) is 8.71. The Morgan fingerprint density at radius 2 is 1.67 bits per heavy atom. The molecule has 0 radical (unpaired) electrons. The molecular weight excluding hydrogens is 470 g/mol. The second-order valence-corrected chi connectivity index (χ2v) is 8.71. The van der Waals surface area contributed by atoms with Gasteiger partial charge in [0.2, 0.25) is 5.95 Å². The van der Waals surface area contributed by atoms with Crippen LogP contribution in [0.15, 0.2) is 36.7 Å². The van der Waals surface area contributed by atoms with Crippen molar-refractivity contribution in [1.82, 2.24) is 9.97 Å². The van der Waals surface area contributed by atoms with E-state index in [1.807, 2.05) is 18.2 Å². The van der Waals surface area contributed by atoms with Crippen LogP contribution in [0, 0.1) is 18.6 Å². The Bertz CT molecular complexity index is 1200. The predicted molar refractivity (Wildman–Crippen MR) is 133 cm³/mol. The van der Waals surface area contributed by atoms with Crippen LogP contribution in [0.5, 0.6) is 17.2 Å². The van der Waals surface area contributed by atoms with E-state index in [0.717, 1.165) is 30.2 Å². The molecule has 1 aliphatic heterocycles.